The molecule has 3 heterocycles. The second kappa shape index (κ2) is 7.37. The SMILES string of the molecule is CC1(C)CN2CCCC2(CNc2ccc(S(=O)(=O)N(Cl)c3nccs3)c(F)c2)C1. The maximum atomic E-state index is 14.7. The van der Waals surface area contributed by atoms with Gasteiger partial charge in [-0.1, -0.05) is 13.8 Å². The number of fused-ring (bicyclic) bond motifs is 1. The van der Waals surface area contributed by atoms with Crippen molar-refractivity contribution >= 4 is 44.0 Å². The molecule has 10 heteroatoms. The Morgan fingerprint density at radius 3 is 2.90 bits per heavy atom. The van der Waals surface area contributed by atoms with Gasteiger partial charge < -0.3 is 5.32 Å². The van der Waals surface area contributed by atoms with Gasteiger partial charge in [0.05, 0.1) is 0 Å². The zero-order valence-corrected chi connectivity index (χ0v) is 18.7. The molecular weight excluding hydrogens is 435 g/mol. The average molecular weight is 459 g/mol. The summed E-state index contributed by atoms with van der Waals surface area (Å²) >= 11 is 6.98. The van der Waals surface area contributed by atoms with Crippen LogP contribution in [0.4, 0.5) is 15.2 Å². The molecule has 1 unspecified atom stereocenters. The molecule has 1 atom stereocenters. The van der Waals surface area contributed by atoms with E-state index in [9.17, 15) is 12.8 Å². The third-order valence-electron chi connectivity index (χ3n) is 5.78. The van der Waals surface area contributed by atoms with Crippen LogP contribution in [0.5, 0.6) is 0 Å². The van der Waals surface area contributed by atoms with Crippen LogP contribution in [0.2, 0.25) is 0 Å². The quantitative estimate of drug-likeness (QED) is 0.653. The lowest BCUT2D eigenvalue weighted by molar-refractivity contribution is 0.209. The van der Waals surface area contributed by atoms with Crippen LogP contribution in [0.1, 0.15) is 33.1 Å². The molecule has 0 spiro atoms. The van der Waals surface area contributed by atoms with Crippen LogP contribution in [0.3, 0.4) is 0 Å². The van der Waals surface area contributed by atoms with Gasteiger partial charge in [-0.3, -0.25) is 4.90 Å². The van der Waals surface area contributed by atoms with Crippen molar-refractivity contribution in [1.29, 1.82) is 0 Å². The highest BCUT2D eigenvalue weighted by atomic mass is 35.5. The van der Waals surface area contributed by atoms with Crippen molar-refractivity contribution in [3.8, 4) is 0 Å². The monoisotopic (exact) mass is 458 g/mol. The lowest BCUT2D eigenvalue weighted by Crippen LogP contribution is -2.44. The number of nitrogens with zero attached hydrogens (tertiary/aromatic N) is 3. The van der Waals surface area contributed by atoms with Gasteiger partial charge in [0.2, 0.25) is 5.13 Å². The van der Waals surface area contributed by atoms with Gasteiger partial charge in [-0.05, 0) is 49.4 Å². The molecule has 0 radical (unpaired) electrons. The van der Waals surface area contributed by atoms with Gasteiger partial charge >= 0.3 is 0 Å². The number of nitrogens with one attached hydrogen (secondary N) is 1. The fraction of sp³-hybridized carbons (Fsp3) is 0.526. The summed E-state index contributed by atoms with van der Waals surface area (Å²) in [6, 6.07) is 4.05. The summed E-state index contributed by atoms with van der Waals surface area (Å²) in [4.78, 5) is 5.92. The Bertz CT molecular complexity index is 1000. The Labute approximate surface area is 179 Å². The van der Waals surface area contributed by atoms with Crippen molar-refractivity contribution < 1.29 is 12.8 Å². The van der Waals surface area contributed by atoms with Gasteiger partial charge in [-0.15, -0.1) is 15.2 Å². The Morgan fingerprint density at radius 1 is 1.41 bits per heavy atom. The van der Waals surface area contributed by atoms with Crippen LogP contribution in [0.15, 0.2) is 34.7 Å². The van der Waals surface area contributed by atoms with Crippen LogP contribution in [0.25, 0.3) is 0 Å². The minimum Gasteiger partial charge on any atom is -0.383 e. The van der Waals surface area contributed by atoms with Crippen molar-refractivity contribution in [3.05, 3.63) is 35.6 Å². The number of hydrogen-bond acceptors (Lipinski definition) is 6. The van der Waals surface area contributed by atoms with E-state index in [1.165, 1.54) is 24.8 Å². The fourth-order valence-electron chi connectivity index (χ4n) is 4.75. The second-order valence-electron chi connectivity index (χ2n) is 8.62. The van der Waals surface area contributed by atoms with Gasteiger partial charge in [-0.25, -0.2) is 9.37 Å². The molecule has 4 rings (SSSR count). The molecule has 2 saturated heterocycles. The van der Waals surface area contributed by atoms with Gasteiger partial charge in [0, 0.05) is 47.7 Å². The number of benzene rings is 1. The third-order valence-corrected chi connectivity index (χ3v) is 8.94. The first kappa shape index (κ1) is 20.8. The molecule has 0 amide bonds. The molecule has 0 aliphatic carbocycles. The summed E-state index contributed by atoms with van der Waals surface area (Å²) in [6.07, 6.45) is 4.82. The Kier molecular flexibility index (Phi) is 5.30. The predicted molar refractivity (Wildman–Crippen MR) is 114 cm³/mol. The highest BCUT2D eigenvalue weighted by Gasteiger charge is 2.51. The normalized spacial score (nSPS) is 23.9. The van der Waals surface area contributed by atoms with Crippen LogP contribution >= 0.6 is 23.1 Å². The van der Waals surface area contributed by atoms with E-state index in [-0.39, 0.29) is 16.1 Å². The molecule has 1 aromatic heterocycles. The summed E-state index contributed by atoms with van der Waals surface area (Å²) in [5.41, 5.74) is 0.913. The predicted octanol–water partition coefficient (Wildman–Crippen LogP) is 4.31. The van der Waals surface area contributed by atoms with Crippen LogP contribution < -0.4 is 9.14 Å². The first-order valence-electron chi connectivity index (χ1n) is 9.52. The van der Waals surface area contributed by atoms with E-state index in [0.29, 0.717) is 16.1 Å². The van der Waals surface area contributed by atoms with E-state index in [2.05, 4.69) is 29.0 Å². The number of thiazole rings is 1. The number of sulfonamides is 1. The number of halogens is 2. The fourth-order valence-corrected chi connectivity index (χ4v) is 6.97. The number of aromatic nitrogens is 1. The first-order valence-corrected chi connectivity index (χ1v) is 12.2. The molecule has 2 aliphatic rings. The number of rotatable bonds is 6. The molecule has 1 aromatic carbocycles. The molecule has 0 bridgehead atoms. The standard InChI is InChI=1S/C19H24ClFN4O2S2/c1-18(2)11-19(6-3-8-24(19)13-18)12-23-14-4-5-16(15(21)10-14)29(26,27)25(20)17-22-7-9-28-17/h4-5,7,9-10,23H,3,6,8,11-13H2,1-2H3. The zero-order valence-electron chi connectivity index (χ0n) is 16.4. The number of anilines is 2. The van der Waals surface area contributed by atoms with E-state index in [1.807, 2.05) is 0 Å². The van der Waals surface area contributed by atoms with Crippen LogP contribution in [-0.4, -0.2) is 43.5 Å². The summed E-state index contributed by atoms with van der Waals surface area (Å²) in [5.74, 6) is -0.843. The van der Waals surface area contributed by atoms with Crippen molar-refractivity contribution in [1.82, 2.24) is 9.88 Å². The van der Waals surface area contributed by atoms with Crippen molar-refractivity contribution in [2.75, 3.05) is 28.8 Å². The maximum Gasteiger partial charge on any atom is 0.283 e. The van der Waals surface area contributed by atoms with Crippen molar-refractivity contribution in [2.45, 2.75) is 43.5 Å². The zero-order chi connectivity index (χ0) is 20.9. The molecule has 1 N–H and O–H groups in total. The van der Waals surface area contributed by atoms with E-state index < -0.39 is 20.7 Å². The Hall–Kier alpha value is -1.42. The molecular formula is C19H24ClFN4O2S2. The van der Waals surface area contributed by atoms with Crippen molar-refractivity contribution in [3.63, 3.8) is 0 Å². The first-order chi connectivity index (χ1) is 13.6. The van der Waals surface area contributed by atoms with E-state index >= 15 is 0 Å². The van der Waals surface area contributed by atoms with Gasteiger partial charge in [-0.2, -0.15) is 8.42 Å². The average Bonchev–Trinajstić information content (AvgIpc) is 3.34. The molecule has 29 heavy (non-hydrogen) atoms. The summed E-state index contributed by atoms with van der Waals surface area (Å²) in [5, 5.41) is 4.99. The third kappa shape index (κ3) is 3.85. The molecule has 2 fully saturated rings. The van der Waals surface area contributed by atoms with E-state index in [1.54, 1.807) is 11.4 Å². The minimum absolute atomic E-state index is 0.0672. The van der Waals surface area contributed by atoms with Gasteiger partial charge in [0.25, 0.3) is 10.0 Å². The van der Waals surface area contributed by atoms with Gasteiger partial charge in [0.1, 0.15) is 10.7 Å². The smallest absolute Gasteiger partial charge is 0.283 e. The van der Waals surface area contributed by atoms with E-state index in [4.69, 9.17) is 11.8 Å². The van der Waals surface area contributed by atoms with Crippen LogP contribution in [0, 0.1) is 11.2 Å². The molecule has 2 aliphatic heterocycles. The molecule has 0 saturated carbocycles. The highest BCUT2D eigenvalue weighted by Crippen LogP contribution is 2.47. The summed E-state index contributed by atoms with van der Waals surface area (Å²) < 4.78 is 40.5. The lowest BCUT2D eigenvalue weighted by Gasteiger charge is -2.33. The van der Waals surface area contributed by atoms with Crippen molar-refractivity contribution in [2.24, 2.45) is 5.41 Å². The molecule has 158 valence electrons. The molecule has 2 aromatic rings. The maximum absolute atomic E-state index is 14.7. The molecule has 6 nitrogen and oxygen atoms in total. The van der Waals surface area contributed by atoms with E-state index in [0.717, 1.165) is 37.3 Å². The Morgan fingerprint density at radius 2 is 2.21 bits per heavy atom. The Balaban J connectivity index is 1.51. The summed E-state index contributed by atoms with van der Waals surface area (Å²) in [7, 11) is -4.24. The lowest BCUT2D eigenvalue weighted by atomic mass is 9.82. The largest absolute Gasteiger partial charge is 0.383 e. The summed E-state index contributed by atoms with van der Waals surface area (Å²) in [6.45, 7) is 7.45. The second-order valence-corrected chi connectivity index (χ2v) is 11.8. The minimum atomic E-state index is -4.24. The topological polar surface area (TPSA) is 65.5 Å². The van der Waals surface area contributed by atoms with Crippen LogP contribution in [-0.2, 0) is 10.0 Å². The van der Waals surface area contributed by atoms with Gasteiger partial charge in [0.15, 0.2) is 0 Å². The highest BCUT2D eigenvalue weighted by molar-refractivity contribution is 7.94. The number of hydrogen-bond donors (Lipinski definition) is 1.